The number of nitrogens with zero attached hydrogens (tertiary/aromatic N) is 3. The van der Waals surface area contributed by atoms with Gasteiger partial charge in [0.25, 0.3) is 0 Å². The summed E-state index contributed by atoms with van der Waals surface area (Å²) in [5.41, 5.74) is 2.20. The van der Waals surface area contributed by atoms with Crippen molar-refractivity contribution in [2.24, 2.45) is 10.1 Å². The third kappa shape index (κ3) is 6.12. The average Bonchev–Trinajstić information content (AvgIpc) is 3.24. The Labute approximate surface area is 199 Å². The Bertz CT molecular complexity index is 1150. The van der Waals surface area contributed by atoms with Crippen molar-refractivity contribution >= 4 is 17.6 Å². The van der Waals surface area contributed by atoms with Gasteiger partial charge in [0.2, 0.25) is 10.6 Å². The fourth-order valence-electron chi connectivity index (χ4n) is 3.06. The summed E-state index contributed by atoms with van der Waals surface area (Å²) in [7, 11) is 6.22. The second kappa shape index (κ2) is 12.1. The molecule has 0 bridgehead atoms. The molecular weight excluding hydrogens is 468 g/mol. The zero-order valence-corrected chi connectivity index (χ0v) is 20.0. The van der Waals surface area contributed by atoms with Crippen molar-refractivity contribution < 1.29 is 32.5 Å². The number of alkyl halides is 2. The largest absolute Gasteiger partial charge is 0.493 e. The van der Waals surface area contributed by atoms with Crippen molar-refractivity contribution in [1.82, 2.24) is 4.68 Å². The standard InChI is InChI=1S/C23H25F2N3O5S/c1-29-10-9-26-23-28(18(14-34-23)16-5-7-17(8-6-16)33-22(24)25)27-13-15-11-19(30-2)21(32-4)20(12-15)31-3/h5-8,11-14,22H,9-10H2,1-4H3. The summed E-state index contributed by atoms with van der Waals surface area (Å²) in [6, 6.07) is 9.88. The van der Waals surface area contributed by atoms with Gasteiger partial charge in [-0.15, -0.1) is 11.3 Å². The van der Waals surface area contributed by atoms with Crippen LogP contribution in [0.15, 0.2) is 51.9 Å². The molecule has 3 rings (SSSR count). The van der Waals surface area contributed by atoms with Gasteiger partial charge in [-0.3, -0.25) is 4.99 Å². The third-order valence-corrected chi connectivity index (χ3v) is 5.47. The molecule has 0 saturated carbocycles. The first-order valence-corrected chi connectivity index (χ1v) is 11.0. The molecule has 8 nitrogen and oxygen atoms in total. The topological polar surface area (TPSA) is 75.8 Å². The summed E-state index contributed by atoms with van der Waals surface area (Å²) in [5.74, 6) is 1.55. The highest BCUT2D eigenvalue weighted by Crippen LogP contribution is 2.37. The van der Waals surface area contributed by atoms with E-state index in [1.165, 1.54) is 44.8 Å². The van der Waals surface area contributed by atoms with Crippen molar-refractivity contribution in [3.8, 4) is 34.3 Å². The van der Waals surface area contributed by atoms with E-state index in [1.54, 1.807) is 42.3 Å². The van der Waals surface area contributed by atoms with Crippen LogP contribution in [-0.2, 0) is 4.74 Å². The predicted octanol–water partition coefficient (Wildman–Crippen LogP) is 4.27. The van der Waals surface area contributed by atoms with Gasteiger partial charge >= 0.3 is 6.61 Å². The highest BCUT2D eigenvalue weighted by molar-refractivity contribution is 7.07. The van der Waals surface area contributed by atoms with Crippen LogP contribution in [0.3, 0.4) is 0 Å². The van der Waals surface area contributed by atoms with Gasteiger partial charge in [-0.25, -0.2) is 4.68 Å². The Hall–Kier alpha value is -3.44. The van der Waals surface area contributed by atoms with E-state index in [2.05, 4.69) is 14.8 Å². The fourth-order valence-corrected chi connectivity index (χ4v) is 3.92. The second-order valence-electron chi connectivity index (χ2n) is 6.70. The summed E-state index contributed by atoms with van der Waals surface area (Å²) >= 11 is 1.40. The van der Waals surface area contributed by atoms with Gasteiger partial charge < -0.3 is 23.7 Å². The molecular formula is C23H25F2N3O5S. The number of thiazole rings is 1. The number of aromatic nitrogens is 1. The van der Waals surface area contributed by atoms with Gasteiger partial charge in [0.15, 0.2) is 11.5 Å². The van der Waals surface area contributed by atoms with Crippen molar-refractivity contribution in [1.29, 1.82) is 0 Å². The van der Waals surface area contributed by atoms with E-state index in [0.717, 1.165) is 11.3 Å². The van der Waals surface area contributed by atoms with E-state index in [4.69, 9.17) is 18.9 Å². The average molecular weight is 494 g/mol. The van der Waals surface area contributed by atoms with Crippen LogP contribution in [0.25, 0.3) is 11.3 Å². The summed E-state index contributed by atoms with van der Waals surface area (Å²) < 4.78 is 52.4. The molecule has 1 aromatic heterocycles. The van der Waals surface area contributed by atoms with Crippen molar-refractivity contribution in [3.05, 3.63) is 52.1 Å². The Kier molecular flexibility index (Phi) is 9.00. The maximum absolute atomic E-state index is 12.5. The lowest BCUT2D eigenvalue weighted by molar-refractivity contribution is -0.0498. The molecule has 3 aromatic rings. The number of halogens is 2. The van der Waals surface area contributed by atoms with Crippen LogP contribution in [0.4, 0.5) is 8.78 Å². The molecule has 0 N–H and O–H groups in total. The molecule has 11 heteroatoms. The Balaban J connectivity index is 2.03. The van der Waals surface area contributed by atoms with Gasteiger partial charge in [0.1, 0.15) is 5.75 Å². The molecule has 1 heterocycles. The van der Waals surface area contributed by atoms with Gasteiger partial charge in [0, 0.05) is 23.6 Å². The zero-order chi connectivity index (χ0) is 24.5. The highest BCUT2D eigenvalue weighted by Gasteiger charge is 2.13. The van der Waals surface area contributed by atoms with Crippen molar-refractivity contribution in [3.63, 3.8) is 0 Å². The summed E-state index contributed by atoms with van der Waals surface area (Å²) in [4.78, 5) is 5.20. The second-order valence-corrected chi connectivity index (χ2v) is 7.53. The number of rotatable bonds is 11. The lowest BCUT2D eigenvalue weighted by atomic mass is 10.2. The summed E-state index contributed by atoms with van der Waals surface area (Å²) in [5, 5.41) is 6.52. The molecule has 34 heavy (non-hydrogen) atoms. The first-order chi connectivity index (χ1) is 16.5. The summed E-state index contributed by atoms with van der Waals surface area (Å²) in [6.45, 7) is -1.97. The number of benzene rings is 2. The number of hydrogen-bond acceptors (Lipinski definition) is 8. The van der Waals surface area contributed by atoms with Crippen LogP contribution in [-0.4, -0.2) is 59.1 Å². The van der Waals surface area contributed by atoms with E-state index in [0.29, 0.717) is 40.8 Å². The normalized spacial score (nSPS) is 11.9. The molecule has 0 amide bonds. The van der Waals surface area contributed by atoms with Gasteiger partial charge in [-0.1, -0.05) is 0 Å². The molecule has 0 spiro atoms. The van der Waals surface area contributed by atoms with Crippen LogP contribution >= 0.6 is 11.3 Å². The lowest BCUT2D eigenvalue weighted by Crippen LogP contribution is -2.13. The maximum Gasteiger partial charge on any atom is 0.387 e. The molecule has 2 aromatic carbocycles. The maximum atomic E-state index is 12.5. The van der Waals surface area contributed by atoms with E-state index in [-0.39, 0.29) is 5.75 Å². The van der Waals surface area contributed by atoms with Crippen LogP contribution in [0.2, 0.25) is 0 Å². The first-order valence-electron chi connectivity index (χ1n) is 10.1. The Morgan fingerprint density at radius 1 is 1.00 bits per heavy atom. The molecule has 0 aliphatic heterocycles. The molecule has 0 atom stereocenters. The zero-order valence-electron chi connectivity index (χ0n) is 19.2. The molecule has 0 fully saturated rings. The fraction of sp³-hybridized carbons (Fsp3) is 0.304. The van der Waals surface area contributed by atoms with Gasteiger partial charge in [-0.05, 0) is 36.4 Å². The van der Waals surface area contributed by atoms with Gasteiger partial charge in [-0.2, -0.15) is 13.9 Å². The van der Waals surface area contributed by atoms with Crippen molar-refractivity contribution in [2.75, 3.05) is 41.6 Å². The molecule has 0 unspecified atom stereocenters. The SMILES string of the molecule is COCCN=c1scc(-c2ccc(OC(F)F)cc2)n1N=Cc1cc(OC)c(OC)c(OC)c1. The minimum atomic E-state index is -2.88. The Morgan fingerprint density at radius 2 is 1.68 bits per heavy atom. The van der Waals surface area contributed by atoms with Gasteiger partial charge in [0.05, 0.1) is 46.4 Å². The number of ether oxygens (including phenoxy) is 5. The molecule has 0 saturated heterocycles. The number of hydrogen-bond donors (Lipinski definition) is 0. The van der Waals surface area contributed by atoms with E-state index >= 15 is 0 Å². The Morgan fingerprint density at radius 3 is 2.24 bits per heavy atom. The monoisotopic (exact) mass is 493 g/mol. The lowest BCUT2D eigenvalue weighted by Gasteiger charge is -2.12. The molecule has 0 aliphatic rings. The smallest absolute Gasteiger partial charge is 0.387 e. The molecule has 0 aliphatic carbocycles. The predicted molar refractivity (Wildman–Crippen MR) is 126 cm³/mol. The van der Waals surface area contributed by atoms with Crippen LogP contribution in [0.5, 0.6) is 23.0 Å². The highest BCUT2D eigenvalue weighted by atomic mass is 32.1. The van der Waals surface area contributed by atoms with E-state index < -0.39 is 6.61 Å². The minimum Gasteiger partial charge on any atom is -0.493 e. The van der Waals surface area contributed by atoms with Crippen LogP contribution in [0, 0.1) is 0 Å². The van der Waals surface area contributed by atoms with Crippen molar-refractivity contribution in [2.45, 2.75) is 6.61 Å². The minimum absolute atomic E-state index is 0.0754. The summed E-state index contributed by atoms with van der Waals surface area (Å²) in [6.07, 6.45) is 1.64. The number of methoxy groups -OCH3 is 4. The van der Waals surface area contributed by atoms with Crippen LogP contribution in [0.1, 0.15) is 5.56 Å². The van der Waals surface area contributed by atoms with E-state index in [9.17, 15) is 8.78 Å². The van der Waals surface area contributed by atoms with E-state index in [1.807, 2.05) is 5.38 Å². The van der Waals surface area contributed by atoms with Crippen LogP contribution < -0.4 is 23.7 Å². The quantitative estimate of drug-likeness (QED) is 0.295. The molecule has 0 radical (unpaired) electrons. The first kappa shape index (κ1) is 25.2. The molecule has 182 valence electrons. The third-order valence-electron chi connectivity index (χ3n) is 4.61.